The van der Waals surface area contributed by atoms with Gasteiger partial charge in [0.25, 0.3) is 0 Å². The molecule has 11 heavy (non-hydrogen) atoms. The molecular weight excluding hydrogens is 152 g/mol. The Labute approximate surface area is 64.6 Å². The first-order valence-corrected chi connectivity index (χ1v) is 2.87. The van der Waals surface area contributed by atoms with Crippen molar-refractivity contribution >= 4 is 11.9 Å². The van der Waals surface area contributed by atoms with Gasteiger partial charge in [0.1, 0.15) is 6.10 Å². The molecule has 0 saturated heterocycles. The van der Waals surface area contributed by atoms with Gasteiger partial charge in [-0.2, -0.15) is 0 Å². The summed E-state index contributed by atoms with van der Waals surface area (Å²) in [4.78, 5) is 19.0. The van der Waals surface area contributed by atoms with Crippen LogP contribution in [0.5, 0.6) is 0 Å². The van der Waals surface area contributed by atoms with Gasteiger partial charge in [0.05, 0.1) is 7.11 Å². The maximum Gasteiger partial charge on any atom is 0.332 e. The number of rotatable bonds is 1. The number of ether oxygens (including phenoxy) is 1. The van der Waals surface area contributed by atoms with Crippen molar-refractivity contribution in [2.75, 3.05) is 7.11 Å². The van der Waals surface area contributed by atoms with E-state index in [2.05, 4.69) is 4.74 Å². The summed E-state index contributed by atoms with van der Waals surface area (Å²) < 4.78 is 4.11. The van der Waals surface area contributed by atoms with Crippen LogP contribution in [0.15, 0.2) is 0 Å². The Morgan fingerprint density at radius 2 is 1.64 bits per heavy atom. The average Bonchev–Trinajstić information content (AvgIpc) is 1.89. The minimum absolute atomic E-state index is 0.245. The van der Waals surface area contributed by atoms with Crippen molar-refractivity contribution in [1.29, 1.82) is 0 Å². The number of carbonyl (C=O) groups excluding carboxylic acids is 1. The summed E-state index contributed by atoms with van der Waals surface area (Å²) in [5.41, 5.74) is 0. The van der Waals surface area contributed by atoms with E-state index in [1.54, 1.807) is 0 Å². The number of carboxylic acid groups (broad SMARTS) is 1. The smallest absolute Gasteiger partial charge is 0.332 e. The Balaban J connectivity index is 0. The van der Waals surface area contributed by atoms with Gasteiger partial charge in [0.2, 0.25) is 0 Å². The van der Waals surface area contributed by atoms with Crippen LogP contribution in [0.25, 0.3) is 0 Å². The van der Waals surface area contributed by atoms with Gasteiger partial charge >= 0.3 is 11.9 Å². The number of aliphatic hydroxyl groups excluding tert-OH is 1. The van der Waals surface area contributed by atoms with Crippen molar-refractivity contribution in [2.24, 2.45) is 0 Å². The SMILES string of the molecule is CC(O)C(=O)O.COC(C)=O. The molecule has 0 aliphatic rings. The molecule has 0 heterocycles. The molecule has 0 aliphatic carbocycles. The van der Waals surface area contributed by atoms with E-state index in [9.17, 15) is 9.59 Å². The molecule has 1 unspecified atom stereocenters. The Kier molecular flexibility index (Phi) is 8.01. The van der Waals surface area contributed by atoms with Crippen molar-refractivity contribution in [3.8, 4) is 0 Å². The molecule has 1 atom stereocenters. The molecule has 0 aromatic rings. The van der Waals surface area contributed by atoms with Crippen LogP contribution in [-0.2, 0) is 14.3 Å². The topological polar surface area (TPSA) is 83.8 Å². The number of aliphatic hydroxyl groups is 1. The Morgan fingerprint density at radius 1 is 1.45 bits per heavy atom. The highest BCUT2D eigenvalue weighted by molar-refractivity contribution is 5.71. The van der Waals surface area contributed by atoms with E-state index in [4.69, 9.17) is 10.2 Å². The second-order valence-corrected chi connectivity index (χ2v) is 1.71. The number of aliphatic carboxylic acids is 1. The molecule has 0 saturated carbocycles. The lowest BCUT2D eigenvalue weighted by Crippen LogP contribution is -2.13. The quantitative estimate of drug-likeness (QED) is 0.516. The fourth-order valence-corrected chi connectivity index (χ4v) is 0. The molecule has 0 rings (SSSR count). The zero-order chi connectivity index (χ0) is 9.44. The van der Waals surface area contributed by atoms with Crippen LogP contribution in [0, 0.1) is 0 Å². The van der Waals surface area contributed by atoms with Gasteiger partial charge in [0, 0.05) is 6.92 Å². The van der Waals surface area contributed by atoms with Gasteiger partial charge in [-0.05, 0) is 6.92 Å². The van der Waals surface area contributed by atoms with E-state index < -0.39 is 12.1 Å². The number of hydrogen-bond donors (Lipinski definition) is 2. The third-order valence-corrected chi connectivity index (χ3v) is 0.645. The second kappa shape index (κ2) is 7.01. The van der Waals surface area contributed by atoms with Crippen LogP contribution >= 0.6 is 0 Å². The molecule has 5 nitrogen and oxygen atoms in total. The zero-order valence-corrected chi connectivity index (χ0v) is 6.70. The summed E-state index contributed by atoms with van der Waals surface area (Å²) in [5, 5.41) is 15.8. The van der Waals surface area contributed by atoms with Crippen molar-refractivity contribution < 1.29 is 24.5 Å². The number of esters is 1. The summed E-state index contributed by atoms with van der Waals surface area (Å²) >= 11 is 0. The highest BCUT2D eigenvalue weighted by Gasteiger charge is 2.01. The van der Waals surface area contributed by atoms with Gasteiger partial charge in [-0.15, -0.1) is 0 Å². The van der Waals surface area contributed by atoms with Crippen LogP contribution < -0.4 is 0 Å². The van der Waals surface area contributed by atoms with Crippen molar-refractivity contribution in [3.05, 3.63) is 0 Å². The van der Waals surface area contributed by atoms with Gasteiger partial charge in [-0.25, -0.2) is 4.79 Å². The second-order valence-electron chi connectivity index (χ2n) is 1.71. The number of carbonyl (C=O) groups is 2. The molecule has 0 aromatic carbocycles. The zero-order valence-electron chi connectivity index (χ0n) is 6.70. The predicted octanol–water partition coefficient (Wildman–Crippen LogP) is -0.369. The molecule has 0 spiro atoms. The fraction of sp³-hybridized carbons (Fsp3) is 0.667. The molecule has 66 valence electrons. The van der Waals surface area contributed by atoms with E-state index in [-0.39, 0.29) is 5.97 Å². The highest BCUT2D eigenvalue weighted by Crippen LogP contribution is 1.73. The van der Waals surface area contributed by atoms with Crippen molar-refractivity contribution in [1.82, 2.24) is 0 Å². The standard InChI is InChI=1S/C3H6O3.C3H6O2/c1-2(4)3(5)6;1-3(4)5-2/h2,4H,1H3,(H,5,6);1-2H3. The highest BCUT2D eigenvalue weighted by atomic mass is 16.5. The molecule has 0 aliphatic heterocycles. The third kappa shape index (κ3) is 17.6. The van der Waals surface area contributed by atoms with Gasteiger partial charge in [-0.1, -0.05) is 0 Å². The molecule has 0 amide bonds. The molecule has 0 bridgehead atoms. The third-order valence-electron chi connectivity index (χ3n) is 0.645. The number of hydrogen-bond acceptors (Lipinski definition) is 4. The van der Waals surface area contributed by atoms with Crippen LogP contribution in [0.2, 0.25) is 0 Å². The van der Waals surface area contributed by atoms with Gasteiger partial charge in [-0.3, -0.25) is 4.79 Å². The lowest BCUT2D eigenvalue weighted by atomic mass is 10.4. The van der Waals surface area contributed by atoms with E-state index in [1.165, 1.54) is 21.0 Å². The monoisotopic (exact) mass is 164 g/mol. The maximum atomic E-state index is 9.59. The Morgan fingerprint density at radius 3 is 1.64 bits per heavy atom. The van der Waals surface area contributed by atoms with E-state index in [0.717, 1.165) is 0 Å². The summed E-state index contributed by atoms with van der Waals surface area (Å²) in [6.07, 6.45) is -1.23. The molecule has 0 fully saturated rings. The maximum absolute atomic E-state index is 9.59. The van der Waals surface area contributed by atoms with Gasteiger partial charge < -0.3 is 14.9 Å². The van der Waals surface area contributed by atoms with Crippen LogP contribution in [0.4, 0.5) is 0 Å². The summed E-state index contributed by atoms with van der Waals surface area (Å²) in [5.74, 6) is -1.43. The van der Waals surface area contributed by atoms with E-state index >= 15 is 0 Å². The molecule has 2 N–H and O–H groups in total. The van der Waals surface area contributed by atoms with E-state index in [1.807, 2.05) is 0 Å². The molecule has 0 aromatic heterocycles. The average molecular weight is 164 g/mol. The van der Waals surface area contributed by atoms with Crippen LogP contribution in [0.3, 0.4) is 0 Å². The molecule has 0 radical (unpaired) electrons. The first kappa shape index (κ1) is 12.6. The summed E-state index contributed by atoms with van der Waals surface area (Å²) in [6, 6.07) is 0. The van der Waals surface area contributed by atoms with Crippen LogP contribution in [0.1, 0.15) is 13.8 Å². The summed E-state index contributed by atoms with van der Waals surface area (Å²) in [7, 11) is 1.35. The first-order valence-electron chi connectivity index (χ1n) is 2.87. The Hall–Kier alpha value is -1.10. The first-order chi connectivity index (χ1) is 4.91. The molecule has 5 heteroatoms. The van der Waals surface area contributed by atoms with Gasteiger partial charge in [0.15, 0.2) is 0 Å². The lowest BCUT2D eigenvalue weighted by molar-refractivity contribution is -0.145. The Bertz CT molecular complexity index is 129. The number of methoxy groups -OCH3 is 1. The fourth-order valence-electron chi connectivity index (χ4n) is 0. The largest absolute Gasteiger partial charge is 0.479 e. The van der Waals surface area contributed by atoms with E-state index in [0.29, 0.717) is 0 Å². The molecular formula is C6H12O5. The van der Waals surface area contributed by atoms with Crippen LogP contribution in [-0.4, -0.2) is 35.4 Å². The van der Waals surface area contributed by atoms with Crippen molar-refractivity contribution in [2.45, 2.75) is 20.0 Å². The van der Waals surface area contributed by atoms with Crippen molar-refractivity contribution in [3.63, 3.8) is 0 Å². The minimum atomic E-state index is -1.23. The minimum Gasteiger partial charge on any atom is -0.479 e. The number of carboxylic acids is 1. The lowest BCUT2D eigenvalue weighted by Gasteiger charge is -1.89. The predicted molar refractivity (Wildman–Crippen MR) is 37.0 cm³/mol. The summed E-state index contributed by atoms with van der Waals surface area (Å²) in [6.45, 7) is 2.56. The normalized spacial score (nSPS) is 10.5.